The zero-order valence-corrected chi connectivity index (χ0v) is 11.0. The van der Waals surface area contributed by atoms with E-state index in [-0.39, 0.29) is 12.4 Å². The SMILES string of the molecule is COc1ccc(O)c(CN2CCCCC2)c1.Cl. The predicted octanol–water partition coefficient (Wildman–Crippen LogP) is 2.81. The van der Waals surface area contributed by atoms with Crippen molar-refractivity contribution in [3.05, 3.63) is 23.8 Å². The summed E-state index contributed by atoms with van der Waals surface area (Å²) in [4.78, 5) is 2.39. The molecule has 1 aliphatic rings. The molecule has 1 aromatic carbocycles. The summed E-state index contributed by atoms with van der Waals surface area (Å²) in [5.41, 5.74) is 0.959. The molecule has 0 aliphatic carbocycles. The largest absolute Gasteiger partial charge is 0.508 e. The predicted molar refractivity (Wildman–Crippen MR) is 71.0 cm³/mol. The van der Waals surface area contributed by atoms with Crippen molar-refractivity contribution >= 4 is 12.4 Å². The quantitative estimate of drug-likeness (QED) is 0.904. The van der Waals surface area contributed by atoms with E-state index in [0.29, 0.717) is 5.75 Å². The number of hydrogen-bond acceptors (Lipinski definition) is 3. The fourth-order valence-corrected chi connectivity index (χ4v) is 2.17. The molecular formula is C13H20ClNO2. The lowest BCUT2D eigenvalue weighted by atomic mass is 10.1. The van der Waals surface area contributed by atoms with Gasteiger partial charge in [0.2, 0.25) is 0 Å². The van der Waals surface area contributed by atoms with Gasteiger partial charge in [0, 0.05) is 12.1 Å². The van der Waals surface area contributed by atoms with Crippen LogP contribution in [0.1, 0.15) is 24.8 Å². The van der Waals surface area contributed by atoms with Crippen molar-refractivity contribution in [2.24, 2.45) is 0 Å². The highest BCUT2D eigenvalue weighted by atomic mass is 35.5. The number of aromatic hydroxyl groups is 1. The average molecular weight is 258 g/mol. The Balaban J connectivity index is 0.00000144. The summed E-state index contributed by atoms with van der Waals surface area (Å²) >= 11 is 0. The van der Waals surface area contributed by atoms with E-state index in [0.717, 1.165) is 30.9 Å². The number of halogens is 1. The monoisotopic (exact) mass is 257 g/mol. The van der Waals surface area contributed by atoms with Crippen LogP contribution >= 0.6 is 12.4 Å². The number of phenolic OH excluding ortho intramolecular Hbond substituents is 1. The minimum absolute atomic E-state index is 0. The fourth-order valence-electron chi connectivity index (χ4n) is 2.17. The Bertz CT molecular complexity index is 351. The van der Waals surface area contributed by atoms with Crippen LogP contribution in [0.5, 0.6) is 11.5 Å². The number of ether oxygens (including phenoxy) is 1. The number of hydrogen-bond donors (Lipinski definition) is 1. The molecule has 0 bridgehead atoms. The fraction of sp³-hybridized carbons (Fsp3) is 0.538. The van der Waals surface area contributed by atoms with Crippen molar-refractivity contribution in [2.75, 3.05) is 20.2 Å². The van der Waals surface area contributed by atoms with Gasteiger partial charge in [-0.15, -0.1) is 12.4 Å². The molecule has 0 atom stereocenters. The van der Waals surface area contributed by atoms with Crippen LogP contribution in [0.2, 0.25) is 0 Å². The van der Waals surface area contributed by atoms with Crippen LogP contribution in [0, 0.1) is 0 Å². The molecule has 96 valence electrons. The highest BCUT2D eigenvalue weighted by Gasteiger charge is 2.12. The van der Waals surface area contributed by atoms with Gasteiger partial charge in [0.1, 0.15) is 11.5 Å². The number of nitrogens with zero attached hydrogens (tertiary/aromatic N) is 1. The first kappa shape index (κ1) is 14.1. The van der Waals surface area contributed by atoms with Crippen LogP contribution < -0.4 is 4.74 Å². The van der Waals surface area contributed by atoms with Crippen LogP contribution in [0.3, 0.4) is 0 Å². The first-order valence-corrected chi connectivity index (χ1v) is 5.88. The molecule has 2 rings (SSSR count). The summed E-state index contributed by atoms with van der Waals surface area (Å²) in [5, 5.41) is 9.78. The van der Waals surface area contributed by atoms with Crippen LogP contribution in [-0.2, 0) is 6.54 Å². The maximum Gasteiger partial charge on any atom is 0.120 e. The van der Waals surface area contributed by atoms with Crippen LogP contribution in [-0.4, -0.2) is 30.2 Å². The molecule has 1 heterocycles. The number of benzene rings is 1. The molecule has 1 aliphatic heterocycles. The van der Waals surface area contributed by atoms with E-state index >= 15 is 0 Å². The first-order chi connectivity index (χ1) is 7.79. The third-order valence-corrected chi connectivity index (χ3v) is 3.13. The van der Waals surface area contributed by atoms with Gasteiger partial charge in [-0.1, -0.05) is 6.42 Å². The van der Waals surface area contributed by atoms with Crippen molar-refractivity contribution in [1.29, 1.82) is 0 Å². The Morgan fingerprint density at radius 3 is 2.59 bits per heavy atom. The Hall–Kier alpha value is -0.930. The lowest BCUT2D eigenvalue weighted by Gasteiger charge is -2.26. The molecule has 1 aromatic rings. The second-order valence-electron chi connectivity index (χ2n) is 4.33. The second-order valence-corrected chi connectivity index (χ2v) is 4.33. The molecular weight excluding hydrogens is 238 g/mol. The van der Waals surface area contributed by atoms with Gasteiger partial charge >= 0.3 is 0 Å². The standard InChI is InChI=1S/C13H19NO2.ClH/c1-16-12-5-6-13(15)11(9-12)10-14-7-3-2-4-8-14;/h5-6,9,15H,2-4,7-8,10H2,1H3;1H. The van der Waals surface area contributed by atoms with Gasteiger partial charge in [0.05, 0.1) is 7.11 Å². The highest BCUT2D eigenvalue weighted by molar-refractivity contribution is 5.85. The van der Waals surface area contributed by atoms with Gasteiger partial charge in [-0.05, 0) is 44.1 Å². The summed E-state index contributed by atoms with van der Waals surface area (Å²) in [6.07, 6.45) is 3.87. The smallest absolute Gasteiger partial charge is 0.120 e. The van der Waals surface area contributed by atoms with E-state index in [1.807, 2.05) is 6.07 Å². The van der Waals surface area contributed by atoms with Gasteiger partial charge in [-0.25, -0.2) is 0 Å². The van der Waals surface area contributed by atoms with Gasteiger partial charge in [-0.2, -0.15) is 0 Å². The van der Waals surface area contributed by atoms with E-state index in [9.17, 15) is 5.11 Å². The number of methoxy groups -OCH3 is 1. The van der Waals surface area contributed by atoms with Crippen molar-refractivity contribution in [3.63, 3.8) is 0 Å². The van der Waals surface area contributed by atoms with Gasteiger partial charge in [0.15, 0.2) is 0 Å². The van der Waals surface area contributed by atoms with E-state index in [1.54, 1.807) is 19.2 Å². The Labute approximate surface area is 109 Å². The minimum Gasteiger partial charge on any atom is -0.508 e. The number of likely N-dealkylation sites (tertiary alicyclic amines) is 1. The third-order valence-electron chi connectivity index (χ3n) is 3.13. The molecule has 1 fully saturated rings. The molecule has 0 radical (unpaired) electrons. The van der Waals surface area contributed by atoms with E-state index < -0.39 is 0 Å². The second kappa shape index (κ2) is 6.72. The molecule has 1 saturated heterocycles. The summed E-state index contributed by atoms with van der Waals surface area (Å²) in [6.45, 7) is 3.09. The topological polar surface area (TPSA) is 32.7 Å². The van der Waals surface area contributed by atoms with Crippen LogP contribution in [0.15, 0.2) is 18.2 Å². The molecule has 0 saturated carbocycles. The third kappa shape index (κ3) is 3.79. The Morgan fingerprint density at radius 1 is 1.24 bits per heavy atom. The van der Waals surface area contributed by atoms with E-state index in [1.165, 1.54) is 19.3 Å². The zero-order valence-electron chi connectivity index (χ0n) is 10.2. The summed E-state index contributed by atoms with van der Waals surface area (Å²) < 4.78 is 5.17. The first-order valence-electron chi connectivity index (χ1n) is 5.88. The maximum atomic E-state index is 9.78. The van der Waals surface area contributed by atoms with Crippen LogP contribution in [0.25, 0.3) is 0 Å². The molecule has 4 heteroatoms. The lowest BCUT2D eigenvalue weighted by molar-refractivity contribution is 0.218. The van der Waals surface area contributed by atoms with Crippen molar-refractivity contribution in [2.45, 2.75) is 25.8 Å². The van der Waals surface area contributed by atoms with Crippen molar-refractivity contribution in [3.8, 4) is 11.5 Å². The maximum absolute atomic E-state index is 9.78. The van der Waals surface area contributed by atoms with Crippen molar-refractivity contribution in [1.82, 2.24) is 4.90 Å². The Kier molecular flexibility index (Phi) is 5.59. The zero-order chi connectivity index (χ0) is 11.4. The summed E-state index contributed by atoms with van der Waals surface area (Å²) in [5.74, 6) is 1.18. The number of rotatable bonds is 3. The average Bonchev–Trinajstić information content (AvgIpc) is 2.33. The molecule has 0 aromatic heterocycles. The minimum atomic E-state index is 0. The molecule has 1 N–H and O–H groups in total. The van der Waals surface area contributed by atoms with Gasteiger partial charge in [-0.3, -0.25) is 4.90 Å². The van der Waals surface area contributed by atoms with E-state index in [2.05, 4.69) is 4.90 Å². The summed E-state index contributed by atoms with van der Waals surface area (Å²) in [6, 6.07) is 5.41. The molecule has 3 nitrogen and oxygen atoms in total. The van der Waals surface area contributed by atoms with Gasteiger partial charge in [0.25, 0.3) is 0 Å². The van der Waals surface area contributed by atoms with Gasteiger partial charge < -0.3 is 9.84 Å². The molecule has 17 heavy (non-hydrogen) atoms. The highest BCUT2D eigenvalue weighted by Crippen LogP contribution is 2.25. The normalized spacial score (nSPS) is 16.3. The molecule has 0 amide bonds. The number of piperidine rings is 1. The molecule has 0 unspecified atom stereocenters. The lowest BCUT2D eigenvalue weighted by Crippen LogP contribution is -2.29. The van der Waals surface area contributed by atoms with Crippen molar-refractivity contribution < 1.29 is 9.84 Å². The van der Waals surface area contributed by atoms with E-state index in [4.69, 9.17) is 4.74 Å². The molecule has 0 spiro atoms. The Morgan fingerprint density at radius 2 is 1.94 bits per heavy atom. The van der Waals surface area contributed by atoms with Crippen LogP contribution in [0.4, 0.5) is 0 Å². The summed E-state index contributed by atoms with van der Waals surface area (Å²) in [7, 11) is 1.65. The number of phenols is 1.